The molecule has 0 bridgehead atoms. The molecule has 1 aromatic heterocycles. The van der Waals surface area contributed by atoms with Crippen LogP contribution in [0, 0.1) is 13.8 Å². The first-order chi connectivity index (χ1) is 12.1. The molecular weight excluding hydrogens is 310 g/mol. The Labute approximate surface area is 149 Å². The number of nitrogens with two attached hydrogens (primary N) is 1. The van der Waals surface area contributed by atoms with E-state index in [-0.39, 0.29) is 6.04 Å². The lowest BCUT2D eigenvalue weighted by molar-refractivity contribution is 0.301. The standard InChI is InChI=1S/C21H27N3O/c1-4-18(22)21-23-19-13-15(2)16(3)14-20(19)24(21)11-8-12-25-17-9-6-5-7-10-17/h5-7,9-10,13-14,18H,4,8,11-12,22H2,1-3H3. The van der Waals surface area contributed by atoms with Crippen LogP contribution in [0.2, 0.25) is 0 Å². The summed E-state index contributed by atoms with van der Waals surface area (Å²) in [6.45, 7) is 7.90. The summed E-state index contributed by atoms with van der Waals surface area (Å²) in [6, 6.07) is 14.3. The lowest BCUT2D eigenvalue weighted by Crippen LogP contribution is -2.17. The van der Waals surface area contributed by atoms with Crippen molar-refractivity contribution in [3.8, 4) is 5.75 Å². The van der Waals surface area contributed by atoms with E-state index in [9.17, 15) is 0 Å². The minimum Gasteiger partial charge on any atom is -0.494 e. The van der Waals surface area contributed by atoms with Crippen molar-refractivity contribution in [2.75, 3.05) is 6.61 Å². The van der Waals surface area contributed by atoms with Gasteiger partial charge in [-0.15, -0.1) is 0 Å². The topological polar surface area (TPSA) is 53.1 Å². The molecule has 2 aromatic carbocycles. The van der Waals surface area contributed by atoms with Crippen molar-refractivity contribution in [2.24, 2.45) is 5.73 Å². The van der Waals surface area contributed by atoms with Crippen LogP contribution in [0.25, 0.3) is 11.0 Å². The van der Waals surface area contributed by atoms with Gasteiger partial charge in [-0.05, 0) is 62.1 Å². The van der Waals surface area contributed by atoms with Crippen LogP contribution in [0.1, 0.15) is 42.8 Å². The molecule has 1 atom stereocenters. The Kier molecular flexibility index (Phi) is 5.39. The SMILES string of the molecule is CCC(N)c1nc2cc(C)c(C)cc2n1CCCOc1ccccc1. The second-order valence-corrected chi connectivity index (χ2v) is 6.58. The summed E-state index contributed by atoms with van der Waals surface area (Å²) in [5.41, 5.74) is 11.1. The second kappa shape index (κ2) is 7.70. The number of imidazole rings is 1. The lowest BCUT2D eigenvalue weighted by Gasteiger charge is -2.14. The maximum absolute atomic E-state index is 6.32. The molecule has 0 fully saturated rings. The molecule has 3 aromatic rings. The molecule has 4 heteroatoms. The fourth-order valence-corrected chi connectivity index (χ4v) is 3.03. The predicted octanol–water partition coefficient (Wildman–Crippen LogP) is 4.53. The monoisotopic (exact) mass is 337 g/mol. The van der Waals surface area contributed by atoms with Crippen molar-refractivity contribution in [3.63, 3.8) is 0 Å². The number of ether oxygens (including phenoxy) is 1. The Hall–Kier alpha value is -2.33. The number of aryl methyl sites for hydroxylation is 3. The minimum atomic E-state index is -0.0388. The van der Waals surface area contributed by atoms with Gasteiger partial charge in [0, 0.05) is 6.54 Å². The molecule has 0 saturated carbocycles. The number of hydrogen-bond donors (Lipinski definition) is 1. The minimum absolute atomic E-state index is 0.0388. The zero-order valence-electron chi connectivity index (χ0n) is 15.3. The molecule has 132 valence electrons. The molecule has 0 aliphatic rings. The summed E-state index contributed by atoms with van der Waals surface area (Å²) in [6.07, 6.45) is 1.79. The van der Waals surface area contributed by atoms with Crippen molar-refractivity contribution in [3.05, 3.63) is 59.4 Å². The zero-order valence-corrected chi connectivity index (χ0v) is 15.3. The third-order valence-electron chi connectivity index (χ3n) is 4.70. The lowest BCUT2D eigenvalue weighted by atomic mass is 10.1. The first kappa shape index (κ1) is 17.5. The highest BCUT2D eigenvalue weighted by Gasteiger charge is 2.16. The fourth-order valence-electron chi connectivity index (χ4n) is 3.03. The van der Waals surface area contributed by atoms with Crippen LogP contribution >= 0.6 is 0 Å². The van der Waals surface area contributed by atoms with E-state index >= 15 is 0 Å². The maximum Gasteiger partial charge on any atom is 0.126 e. The van der Waals surface area contributed by atoms with Gasteiger partial charge in [-0.1, -0.05) is 25.1 Å². The van der Waals surface area contributed by atoms with Crippen LogP contribution < -0.4 is 10.5 Å². The smallest absolute Gasteiger partial charge is 0.126 e. The Morgan fingerprint density at radius 1 is 1.12 bits per heavy atom. The van der Waals surface area contributed by atoms with Crippen LogP contribution in [0.15, 0.2) is 42.5 Å². The quantitative estimate of drug-likeness (QED) is 0.644. The number of benzene rings is 2. The molecule has 0 radical (unpaired) electrons. The highest BCUT2D eigenvalue weighted by Crippen LogP contribution is 2.25. The highest BCUT2D eigenvalue weighted by molar-refractivity contribution is 5.78. The molecule has 2 N–H and O–H groups in total. The molecule has 0 spiro atoms. The summed E-state index contributed by atoms with van der Waals surface area (Å²) < 4.78 is 8.09. The highest BCUT2D eigenvalue weighted by atomic mass is 16.5. The van der Waals surface area contributed by atoms with Crippen LogP contribution in [-0.2, 0) is 6.54 Å². The molecular formula is C21H27N3O. The Morgan fingerprint density at radius 3 is 2.56 bits per heavy atom. The Morgan fingerprint density at radius 2 is 1.84 bits per heavy atom. The normalized spacial score (nSPS) is 12.5. The van der Waals surface area contributed by atoms with Crippen LogP contribution in [0.5, 0.6) is 5.75 Å². The first-order valence-corrected chi connectivity index (χ1v) is 9.01. The number of hydrogen-bond acceptors (Lipinski definition) is 3. The molecule has 3 rings (SSSR count). The van der Waals surface area contributed by atoms with Gasteiger partial charge in [0.15, 0.2) is 0 Å². The molecule has 25 heavy (non-hydrogen) atoms. The van der Waals surface area contributed by atoms with Gasteiger partial charge in [-0.25, -0.2) is 4.98 Å². The summed E-state index contributed by atoms with van der Waals surface area (Å²) >= 11 is 0. The van der Waals surface area contributed by atoms with Crippen molar-refractivity contribution < 1.29 is 4.74 Å². The summed E-state index contributed by atoms with van der Waals surface area (Å²) in [5.74, 6) is 1.89. The van der Waals surface area contributed by atoms with Gasteiger partial charge in [0.05, 0.1) is 23.7 Å². The van der Waals surface area contributed by atoms with E-state index in [1.54, 1.807) is 0 Å². The maximum atomic E-state index is 6.32. The molecule has 1 unspecified atom stereocenters. The molecule has 0 amide bonds. The summed E-state index contributed by atoms with van der Waals surface area (Å²) in [4.78, 5) is 4.82. The van der Waals surface area contributed by atoms with Crippen molar-refractivity contribution >= 4 is 11.0 Å². The third-order valence-corrected chi connectivity index (χ3v) is 4.70. The Bertz CT molecular complexity index is 839. The molecule has 1 heterocycles. The summed E-state index contributed by atoms with van der Waals surface area (Å²) in [5, 5.41) is 0. The fraction of sp³-hybridized carbons (Fsp3) is 0.381. The van der Waals surface area contributed by atoms with E-state index in [0.717, 1.165) is 36.5 Å². The van der Waals surface area contributed by atoms with Gasteiger partial charge in [-0.3, -0.25) is 0 Å². The van der Waals surface area contributed by atoms with Crippen LogP contribution in [0.4, 0.5) is 0 Å². The predicted molar refractivity (Wildman–Crippen MR) is 103 cm³/mol. The van der Waals surface area contributed by atoms with E-state index in [4.69, 9.17) is 15.5 Å². The second-order valence-electron chi connectivity index (χ2n) is 6.58. The largest absolute Gasteiger partial charge is 0.494 e. The Balaban J connectivity index is 1.79. The van der Waals surface area contributed by atoms with Gasteiger partial charge in [-0.2, -0.15) is 0 Å². The van der Waals surface area contributed by atoms with E-state index in [1.165, 1.54) is 16.6 Å². The number of aromatic nitrogens is 2. The summed E-state index contributed by atoms with van der Waals surface area (Å²) in [7, 11) is 0. The molecule has 0 aliphatic heterocycles. The van der Waals surface area contributed by atoms with E-state index < -0.39 is 0 Å². The van der Waals surface area contributed by atoms with E-state index in [2.05, 4.69) is 37.5 Å². The van der Waals surface area contributed by atoms with Crippen molar-refractivity contribution in [1.82, 2.24) is 9.55 Å². The molecule has 0 aliphatic carbocycles. The number of rotatable bonds is 7. The average Bonchev–Trinajstić information content (AvgIpc) is 2.97. The van der Waals surface area contributed by atoms with Crippen LogP contribution in [0.3, 0.4) is 0 Å². The number of para-hydroxylation sites is 1. The van der Waals surface area contributed by atoms with Crippen molar-refractivity contribution in [2.45, 2.75) is 46.2 Å². The van der Waals surface area contributed by atoms with Gasteiger partial charge in [0.1, 0.15) is 11.6 Å². The molecule has 0 saturated heterocycles. The van der Waals surface area contributed by atoms with Crippen molar-refractivity contribution in [1.29, 1.82) is 0 Å². The third kappa shape index (κ3) is 3.85. The van der Waals surface area contributed by atoms with Crippen LogP contribution in [-0.4, -0.2) is 16.2 Å². The van der Waals surface area contributed by atoms with Gasteiger partial charge < -0.3 is 15.0 Å². The number of fused-ring (bicyclic) bond motifs is 1. The van der Waals surface area contributed by atoms with Gasteiger partial charge >= 0.3 is 0 Å². The van der Waals surface area contributed by atoms with Gasteiger partial charge in [0.25, 0.3) is 0 Å². The van der Waals surface area contributed by atoms with Gasteiger partial charge in [0.2, 0.25) is 0 Å². The average molecular weight is 337 g/mol. The zero-order chi connectivity index (χ0) is 17.8. The van der Waals surface area contributed by atoms with E-state index in [1.807, 2.05) is 30.3 Å². The van der Waals surface area contributed by atoms with E-state index in [0.29, 0.717) is 6.61 Å². The first-order valence-electron chi connectivity index (χ1n) is 9.01. The number of nitrogens with zero attached hydrogens (tertiary/aromatic N) is 2. The molecule has 4 nitrogen and oxygen atoms in total.